The predicted octanol–water partition coefficient (Wildman–Crippen LogP) is 3.83. The van der Waals surface area contributed by atoms with Crippen LogP contribution in [0.3, 0.4) is 0 Å². The standard InChI is InChI=1S/C21H16FNO5S/c22-15-6-4-14(5-7-15)19(28-21(25)18-2-1-9-29-18)20(24)23-11-13-3-8-16-17(10-13)27-12-26-16/h1-10,19H,11-12H2,(H,23,24)/t19-/m0/s1. The molecule has 1 aromatic heterocycles. The van der Waals surface area contributed by atoms with Crippen molar-refractivity contribution in [3.8, 4) is 11.5 Å². The molecular weight excluding hydrogens is 397 g/mol. The van der Waals surface area contributed by atoms with Crippen LogP contribution in [0.25, 0.3) is 0 Å². The van der Waals surface area contributed by atoms with Crippen molar-refractivity contribution in [3.05, 3.63) is 81.8 Å². The van der Waals surface area contributed by atoms with Gasteiger partial charge < -0.3 is 19.5 Å². The minimum atomic E-state index is -1.21. The molecule has 1 aliphatic heterocycles. The number of ether oxygens (including phenoxy) is 3. The minimum Gasteiger partial charge on any atom is -0.454 e. The SMILES string of the molecule is O=C(O[C@H](C(=O)NCc1ccc2c(c1)OCO2)c1ccc(F)cc1)c1cccs1. The molecule has 0 saturated carbocycles. The van der Waals surface area contributed by atoms with Crippen molar-refractivity contribution in [1.82, 2.24) is 5.32 Å². The number of esters is 1. The number of thiophene rings is 1. The second kappa shape index (κ2) is 8.32. The Morgan fingerprint density at radius 3 is 2.66 bits per heavy atom. The highest BCUT2D eigenvalue weighted by atomic mass is 32.1. The fourth-order valence-corrected chi connectivity index (χ4v) is 3.41. The van der Waals surface area contributed by atoms with Crippen LogP contribution in [0.5, 0.6) is 11.5 Å². The fraction of sp³-hybridized carbons (Fsp3) is 0.143. The second-order valence-electron chi connectivity index (χ2n) is 6.22. The quantitative estimate of drug-likeness (QED) is 0.622. The summed E-state index contributed by atoms with van der Waals surface area (Å²) in [6.07, 6.45) is -1.21. The molecule has 0 fully saturated rings. The van der Waals surface area contributed by atoms with Gasteiger partial charge in [0.25, 0.3) is 5.91 Å². The Morgan fingerprint density at radius 1 is 1.10 bits per heavy atom. The summed E-state index contributed by atoms with van der Waals surface area (Å²) < 4.78 is 29.3. The van der Waals surface area contributed by atoms with E-state index in [1.54, 1.807) is 35.7 Å². The molecule has 1 aliphatic rings. The monoisotopic (exact) mass is 413 g/mol. The summed E-state index contributed by atoms with van der Waals surface area (Å²) in [5, 5.41) is 4.49. The summed E-state index contributed by atoms with van der Waals surface area (Å²) in [5.41, 5.74) is 1.17. The van der Waals surface area contributed by atoms with Gasteiger partial charge >= 0.3 is 5.97 Å². The van der Waals surface area contributed by atoms with Crippen LogP contribution in [0, 0.1) is 5.82 Å². The van der Waals surface area contributed by atoms with Gasteiger partial charge in [-0.25, -0.2) is 9.18 Å². The van der Waals surface area contributed by atoms with E-state index in [0.29, 0.717) is 21.9 Å². The third kappa shape index (κ3) is 4.38. The maximum Gasteiger partial charge on any atom is 0.349 e. The lowest BCUT2D eigenvalue weighted by molar-refractivity contribution is -0.130. The number of halogens is 1. The molecule has 4 rings (SSSR count). The number of hydrogen-bond donors (Lipinski definition) is 1. The zero-order chi connectivity index (χ0) is 20.2. The van der Waals surface area contributed by atoms with Crippen LogP contribution in [0.4, 0.5) is 4.39 Å². The summed E-state index contributed by atoms with van der Waals surface area (Å²) in [6, 6.07) is 13.9. The summed E-state index contributed by atoms with van der Waals surface area (Å²) in [5.74, 6) is -0.324. The first-order chi connectivity index (χ1) is 14.1. The van der Waals surface area contributed by atoms with Crippen molar-refractivity contribution >= 4 is 23.2 Å². The van der Waals surface area contributed by atoms with Gasteiger partial charge in [-0.3, -0.25) is 4.79 Å². The smallest absolute Gasteiger partial charge is 0.349 e. The van der Waals surface area contributed by atoms with Gasteiger partial charge in [-0.2, -0.15) is 0 Å². The van der Waals surface area contributed by atoms with Gasteiger partial charge in [0.05, 0.1) is 0 Å². The maximum atomic E-state index is 13.3. The average Bonchev–Trinajstić information content (AvgIpc) is 3.42. The van der Waals surface area contributed by atoms with E-state index in [0.717, 1.165) is 5.56 Å². The lowest BCUT2D eigenvalue weighted by atomic mass is 10.1. The first kappa shape index (κ1) is 18.9. The van der Waals surface area contributed by atoms with Crippen LogP contribution in [-0.2, 0) is 16.1 Å². The first-order valence-corrected chi connectivity index (χ1v) is 9.64. The van der Waals surface area contributed by atoms with Crippen molar-refractivity contribution < 1.29 is 28.2 Å². The van der Waals surface area contributed by atoms with Crippen molar-refractivity contribution in [3.63, 3.8) is 0 Å². The third-order valence-corrected chi connectivity index (χ3v) is 5.11. The van der Waals surface area contributed by atoms with E-state index in [2.05, 4.69) is 5.32 Å². The summed E-state index contributed by atoms with van der Waals surface area (Å²) >= 11 is 1.21. The van der Waals surface area contributed by atoms with Crippen LogP contribution in [0.2, 0.25) is 0 Å². The van der Waals surface area contributed by atoms with Crippen molar-refractivity contribution in [1.29, 1.82) is 0 Å². The molecule has 29 heavy (non-hydrogen) atoms. The fourth-order valence-electron chi connectivity index (χ4n) is 2.80. The van der Waals surface area contributed by atoms with Gasteiger partial charge in [-0.15, -0.1) is 11.3 Å². The Hall–Kier alpha value is -3.39. The Labute approximate surface area is 169 Å². The Bertz CT molecular complexity index is 1020. The van der Waals surface area contributed by atoms with Crippen LogP contribution >= 0.6 is 11.3 Å². The molecule has 1 amide bonds. The van der Waals surface area contributed by atoms with Gasteiger partial charge in [-0.1, -0.05) is 24.3 Å². The molecule has 0 spiro atoms. The minimum absolute atomic E-state index is 0.163. The van der Waals surface area contributed by atoms with E-state index in [4.69, 9.17) is 14.2 Å². The normalized spacial score (nSPS) is 13.0. The molecule has 1 N–H and O–H groups in total. The number of fused-ring (bicyclic) bond motifs is 1. The van der Waals surface area contributed by atoms with Gasteiger partial charge in [0.15, 0.2) is 11.5 Å². The molecule has 0 bridgehead atoms. The van der Waals surface area contributed by atoms with Gasteiger partial charge in [0.2, 0.25) is 12.9 Å². The first-order valence-electron chi connectivity index (χ1n) is 8.76. The summed E-state index contributed by atoms with van der Waals surface area (Å²) in [6.45, 7) is 0.361. The van der Waals surface area contributed by atoms with Gasteiger partial charge in [0.1, 0.15) is 10.7 Å². The van der Waals surface area contributed by atoms with E-state index < -0.39 is 23.8 Å². The number of nitrogens with one attached hydrogen (secondary N) is 1. The molecule has 148 valence electrons. The second-order valence-corrected chi connectivity index (χ2v) is 7.17. The van der Waals surface area contributed by atoms with Crippen LogP contribution in [0.1, 0.15) is 26.9 Å². The van der Waals surface area contributed by atoms with Gasteiger partial charge in [0, 0.05) is 12.1 Å². The number of rotatable bonds is 6. The maximum absolute atomic E-state index is 13.3. The number of amides is 1. The van der Waals surface area contributed by atoms with Crippen molar-refractivity contribution in [2.75, 3.05) is 6.79 Å². The molecule has 0 saturated heterocycles. The van der Waals surface area contributed by atoms with E-state index in [9.17, 15) is 14.0 Å². The lowest BCUT2D eigenvalue weighted by Crippen LogP contribution is -2.31. The van der Waals surface area contributed by atoms with Crippen LogP contribution < -0.4 is 14.8 Å². The van der Waals surface area contributed by atoms with E-state index in [1.165, 1.54) is 35.6 Å². The lowest BCUT2D eigenvalue weighted by Gasteiger charge is -2.18. The number of carbonyl (C=O) groups is 2. The average molecular weight is 413 g/mol. The zero-order valence-electron chi connectivity index (χ0n) is 15.1. The third-order valence-electron chi connectivity index (χ3n) is 4.26. The molecule has 2 aromatic carbocycles. The molecule has 3 aromatic rings. The Morgan fingerprint density at radius 2 is 1.90 bits per heavy atom. The largest absolute Gasteiger partial charge is 0.454 e. The molecular formula is C21H16FNO5S. The zero-order valence-corrected chi connectivity index (χ0v) is 15.9. The Balaban J connectivity index is 1.49. The molecule has 1 atom stereocenters. The highest BCUT2D eigenvalue weighted by Crippen LogP contribution is 2.32. The molecule has 0 aliphatic carbocycles. The molecule has 6 nitrogen and oxygen atoms in total. The van der Waals surface area contributed by atoms with Gasteiger partial charge in [-0.05, 0) is 41.3 Å². The highest BCUT2D eigenvalue weighted by Gasteiger charge is 2.26. The van der Waals surface area contributed by atoms with Crippen molar-refractivity contribution in [2.24, 2.45) is 0 Å². The summed E-state index contributed by atoms with van der Waals surface area (Å²) in [4.78, 5) is 25.5. The van der Waals surface area contributed by atoms with E-state index in [-0.39, 0.29) is 13.3 Å². The van der Waals surface area contributed by atoms with Crippen LogP contribution in [0.15, 0.2) is 60.0 Å². The van der Waals surface area contributed by atoms with E-state index in [1.807, 2.05) is 0 Å². The predicted molar refractivity (Wildman–Crippen MR) is 103 cm³/mol. The number of benzene rings is 2. The summed E-state index contributed by atoms with van der Waals surface area (Å²) in [7, 11) is 0. The molecule has 0 unspecified atom stereocenters. The Kier molecular flexibility index (Phi) is 5.44. The molecule has 8 heteroatoms. The topological polar surface area (TPSA) is 73.9 Å². The van der Waals surface area contributed by atoms with Crippen LogP contribution in [-0.4, -0.2) is 18.7 Å². The number of hydrogen-bond acceptors (Lipinski definition) is 6. The van der Waals surface area contributed by atoms with E-state index >= 15 is 0 Å². The van der Waals surface area contributed by atoms with Crippen molar-refractivity contribution in [2.45, 2.75) is 12.6 Å². The highest BCUT2D eigenvalue weighted by molar-refractivity contribution is 7.11. The molecule has 0 radical (unpaired) electrons. The number of carbonyl (C=O) groups excluding carboxylic acids is 2. The molecule has 2 heterocycles.